The number of likely N-dealkylation sites (tertiary alicyclic amines) is 1. The molecule has 2 aromatic heterocycles. The van der Waals surface area contributed by atoms with Crippen LogP contribution < -0.4 is 9.64 Å². The van der Waals surface area contributed by atoms with Crippen molar-refractivity contribution >= 4 is 23.2 Å². The van der Waals surface area contributed by atoms with Crippen molar-refractivity contribution in [2.75, 3.05) is 12.0 Å². The van der Waals surface area contributed by atoms with Crippen molar-refractivity contribution in [3.05, 3.63) is 78.1 Å². The minimum absolute atomic E-state index is 0.0527. The molecule has 9 nitrogen and oxygen atoms in total. The third kappa shape index (κ3) is 5.36. The molecule has 1 saturated carbocycles. The summed E-state index contributed by atoms with van der Waals surface area (Å²) < 4.78 is 12.9. The van der Waals surface area contributed by atoms with E-state index in [1.54, 1.807) is 27.6 Å². The van der Waals surface area contributed by atoms with E-state index in [9.17, 15) is 9.59 Å². The molecule has 9 heteroatoms. The molecule has 212 valence electrons. The number of amides is 2. The highest BCUT2D eigenvalue weighted by Gasteiger charge is 2.57. The zero-order chi connectivity index (χ0) is 28.9. The number of hydrogen-bond acceptors (Lipinski definition) is 6. The fourth-order valence-corrected chi connectivity index (χ4v) is 5.62. The predicted molar refractivity (Wildman–Crippen MR) is 156 cm³/mol. The van der Waals surface area contributed by atoms with E-state index in [1.807, 2.05) is 88.5 Å². The van der Waals surface area contributed by atoms with Crippen LogP contribution in [0.2, 0.25) is 0 Å². The van der Waals surface area contributed by atoms with Crippen molar-refractivity contribution in [3.63, 3.8) is 0 Å². The second-order valence-corrected chi connectivity index (χ2v) is 11.9. The van der Waals surface area contributed by atoms with Crippen LogP contribution in [0.15, 0.2) is 67.0 Å². The highest BCUT2D eigenvalue weighted by atomic mass is 16.6. The molecule has 41 heavy (non-hydrogen) atoms. The Bertz CT molecular complexity index is 1610. The van der Waals surface area contributed by atoms with Crippen LogP contribution in [0.1, 0.15) is 44.7 Å². The number of ether oxygens (including phenoxy) is 2. The van der Waals surface area contributed by atoms with Crippen molar-refractivity contribution in [1.82, 2.24) is 19.5 Å². The molecule has 2 aromatic carbocycles. The average Bonchev–Trinajstić information content (AvgIpc) is 3.36. The van der Waals surface area contributed by atoms with Gasteiger partial charge in [0.2, 0.25) is 5.91 Å². The van der Waals surface area contributed by atoms with Crippen molar-refractivity contribution in [1.29, 1.82) is 0 Å². The third-order valence-corrected chi connectivity index (χ3v) is 7.81. The maximum Gasteiger partial charge on any atom is 0.411 e. The minimum atomic E-state index is -0.646. The van der Waals surface area contributed by atoms with Crippen molar-refractivity contribution in [3.8, 4) is 17.1 Å². The molecule has 0 bridgehead atoms. The summed E-state index contributed by atoms with van der Waals surface area (Å²) in [5.41, 5.74) is 3.75. The van der Waals surface area contributed by atoms with Gasteiger partial charge in [0.1, 0.15) is 17.4 Å². The Labute approximate surface area is 239 Å². The summed E-state index contributed by atoms with van der Waals surface area (Å²) in [5.74, 6) is 1.52. The van der Waals surface area contributed by atoms with E-state index < -0.39 is 17.7 Å². The monoisotopic (exact) mass is 553 g/mol. The number of aromatic nitrogens is 3. The second-order valence-electron chi connectivity index (χ2n) is 11.9. The molecule has 3 heterocycles. The van der Waals surface area contributed by atoms with E-state index in [4.69, 9.17) is 14.6 Å². The summed E-state index contributed by atoms with van der Waals surface area (Å²) in [7, 11) is 1.63. The van der Waals surface area contributed by atoms with Gasteiger partial charge in [0.25, 0.3) is 0 Å². The van der Waals surface area contributed by atoms with E-state index in [2.05, 4.69) is 4.98 Å². The van der Waals surface area contributed by atoms with Gasteiger partial charge in [-0.25, -0.2) is 14.3 Å². The molecule has 0 spiro atoms. The Morgan fingerprint density at radius 2 is 1.85 bits per heavy atom. The topological polar surface area (TPSA) is 89.3 Å². The first kappa shape index (κ1) is 26.8. The number of benzene rings is 2. The number of anilines is 1. The number of hydrogen-bond donors (Lipinski definition) is 0. The molecule has 4 aromatic rings. The van der Waals surface area contributed by atoms with E-state index in [1.165, 1.54) is 0 Å². The van der Waals surface area contributed by atoms with Gasteiger partial charge in [0, 0.05) is 23.5 Å². The van der Waals surface area contributed by atoms with E-state index in [0.29, 0.717) is 30.4 Å². The Hall–Kier alpha value is -4.40. The van der Waals surface area contributed by atoms with Gasteiger partial charge >= 0.3 is 6.09 Å². The molecule has 2 aliphatic rings. The number of nitrogens with zero attached hydrogens (tertiary/aromatic N) is 5. The zero-order valence-corrected chi connectivity index (χ0v) is 24.1. The standard InChI is InChI=1S/C32H35N5O4/c1-20-8-11-23(17-26(20)29-33-18-24-7-6-14-36(24)34-29)35(19-21-9-12-25(40-5)13-10-21)30(38)28-16-22-15-27(22)37(28)31(39)41-32(2,3)4/h6-14,17-18,22,27-28H,15-16,19H2,1-5H3/t22-,27-,28-/m1/s1. The zero-order valence-electron chi connectivity index (χ0n) is 24.1. The number of carbonyl (C=O) groups is 2. The molecule has 3 atom stereocenters. The average molecular weight is 554 g/mol. The molecule has 6 rings (SSSR count). The smallest absolute Gasteiger partial charge is 0.411 e. The molecule has 0 unspecified atom stereocenters. The minimum Gasteiger partial charge on any atom is -0.497 e. The summed E-state index contributed by atoms with van der Waals surface area (Å²) >= 11 is 0. The highest BCUT2D eigenvalue weighted by Crippen LogP contribution is 2.49. The predicted octanol–water partition coefficient (Wildman–Crippen LogP) is 5.64. The molecule has 0 N–H and O–H groups in total. The summed E-state index contributed by atoms with van der Waals surface area (Å²) in [4.78, 5) is 35.7. The summed E-state index contributed by atoms with van der Waals surface area (Å²) in [6, 6.07) is 16.9. The van der Waals surface area contributed by atoms with Gasteiger partial charge in [0.15, 0.2) is 5.82 Å². The van der Waals surface area contributed by atoms with E-state index in [-0.39, 0.29) is 11.9 Å². The van der Waals surface area contributed by atoms with E-state index in [0.717, 1.165) is 34.4 Å². The normalized spacial score (nSPS) is 19.6. The third-order valence-electron chi connectivity index (χ3n) is 7.81. The number of rotatable bonds is 6. The number of fused-ring (bicyclic) bond motifs is 2. The maximum absolute atomic E-state index is 14.4. The molecule has 0 radical (unpaired) electrons. The fraction of sp³-hybridized carbons (Fsp3) is 0.375. The van der Waals surface area contributed by atoms with Gasteiger partial charge in [0.05, 0.1) is 25.4 Å². The first-order valence-corrected chi connectivity index (χ1v) is 14.0. The number of piperidine rings is 1. The van der Waals surface area contributed by atoms with Crippen LogP contribution in [-0.4, -0.2) is 56.3 Å². The van der Waals surface area contributed by atoms with E-state index >= 15 is 0 Å². The van der Waals surface area contributed by atoms with Crippen molar-refractivity contribution in [2.45, 2.75) is 64.8 Å². The Morgan fingerprint density at radius 3 is 2.59 bits per heavy atom. The van der Waals surface area contributed by atoms with Gasteiger partial charge in [-0.1, -0.05) is 18.2 Å². The molecular formula is C32H35N5O4. The van der Waals surface area contributed by atoms with Crippen molar-refractivity contribution in [2.24, 2.45) is 5.92 Å². The van der Waals surface area contributed by atoms with Gasteiger partial charge in [-0.15, -0.1) is 5.10 Å². The molecule has 1 saturated heterocycles. The largest absolute Gasteiger partial charge is 0.497 e. The number of carbonyl (C=O) groups excluding carboxylic acids is 2. The molecule has 1 aliphatic carbocycles. The fourth-order valence-electron chi connectivity index (χ4n) is 5.62. The highest BCUT2D eigenvalue weighted by molar-refractivity contribution is 6.00. The van der Waals surface area contributed by atoms with Gasteiger partial charge in [-0.05, 0) is 94.0 Å². The lowest BCUT2D eigenvalue weighted by Crippen LogP contribution is -2.50. The summed E-state index contributed by atoms with van der Waals surface area (Å²) in [6.45, 7) is 7.88. The first-order chi connectivity index (χ1) is 19.6. The summed E-state index contributed by atoms with van der Waals surface area (Å²) in [5, 5.41) is 4.70. The first-order valence-electron chi connectivity index (χ1n) is 14.0. The Balaban J connectivity index is 1.37. The number of methoxy groups -OCH3 is 1. The van der Waals surface area contributed by atoms with Crippen LogP contribution >= 0.6 is 0 Å². The van der Waals surface area contributed by atoms with Crippen LogP contribution in [0.5, 0.6) is 5.75 Å². The number of aryl methyl sites for hydroxylation is 1. The van der Waals surface area contributed by atoms with Gasteiger partial charge in [-0.2, -0.15) is 0 Å². The second kappa shape index (κ2) is 10.2. The van der Waals surface area contributed by atoms with Crippen LogP contribution in [0.3, 0.4) is 0 Å². The van der Waals surface area contributed by atoms with Crippen LogP contribution in [0.4, 0.5) is 10.5 Å². The van der Waals surface area contributed by atoms with Crippen LogP contribution in [-0.2, 0) is 16.1 Å². The molecule has 2 amide bonds. The lowest BCUT2D eigenvalue weighted by Gasteiger charge is -2.33. The molecular weight excluding hydrogens is 518 g/mol. The molecule has 2 fully saturated rings. The van der Waals surface area contributed by atoms with Gasteiger partial charge in [-0.3, -0.25) is 9.69 Å². The summed E-state index contributed by atoms with van der Waals surface area (Å²) in [6.07, 6.45) is 4.79. The Kier molecular flexibility index (Phi) is 6.68. The van der Waals surface area contributed by atoms with Crippen LogP contribution in [0, 0.1) is 12.8 Å². The SMILES string of the molecule is COc1ccc(CN(C(=O)[C@H]2C[C@H]3C[C@H]3N2C(=O)OC(C)(C)C)c2ccc(C)c(-c3ncc4cccn4n3)c2)cc1. The van der Waals surface area contributed by atoms with Crippen LogP contribution in [0.25, 0.3) is 16.9 Å². The lowest BCUT2D eigenvalue weighted by atomic mass is 10.0. The maximum atomic E-state index is 14.4. The quantitative estimate of drug-likeness (QED) is 0.307. The van der Waals surface area contributed by atoms with Crippen molar-refractivity contribution < 1.29 is 19.1 Å². The Morgan fingerprint density at radius 1 is 1.07 bits per heavy atom. The van der Waals surface area contributed by atoms with Gasteiger partial charge < -0.3 is 14.4 Å². The lowest BCUT2D eigenvalue weighted by molar-refractivity contribution is -0.123. The molecule has 1 aliphatic heterocycles.